The summed E-state index contributed by atoms with van der Waals surface area (Å²) in [6.07, 6.45) is 5.15. The number of benzene rings is 2. The third-order valence-corrected chi connectivity index (χ3v) is 5.09. The topological polar surface area (TPSA) is 68.7 Å². The van der Waals surface area contributed by atoms with Gasteiger partial charge < -0.3 is 10.3 Å². The number of halogens is 1. The third-order valence-electron chi connectivity index (χ3n) is 5.09. The molecule has 0 saturated carbocycles. The number of hydrogen-bond acceptors (Lipinski definition) is 2. The molecule has 0 bridgehead atoms. The minimum Gasteiger partial charge on any atom is -0.367 e. The molecule has 0 aliphatic carbocycles. The van der Waals surface area contributed by atoms with Gasteiger partial charge in [0.15, 0.2) is 0 Å². The maximum absolute atomic E-state index is 14.1. The van der Waals surface area contributed by atoms with E-state index in [-0.39, 0.29) is 24.2 Å². The van der Waals surface area contributed by atoms with E-state index in [2.05, 4.69) is 24.1 Å². The van der Waals surface area contributed by atoms with Gasteiger partial charge in [-0.05, 0) is 64.8 Å². The standard InChI is InChI=1S/C25H26FN3O/c1-17(2)12-24(25(30)29-11-9-27)20-5-3-4-19(14-20)23-15-22(26)7-6-21(23)13-18-8-10-28-16-18/h3-8,10,14-17,24,28H,11-13H2,1-2H3,(H,29,30). The van der Waals surface area contributed by atoms with Gasteiger partial charge in [-0.25, -0.2) is 4.39 Å². The Morgan fingerprint density at radius 3 is 2.73 bits per heavy atom. The van der Waals surface area contributed by atoms with Crippen LogP contribution in [0.5, 0.6) is 0 Å². The highest BCUT2D eigenvalue weighted by Gasteiger charge is 2.22. The number of aromatic nitrogens is 1. The van der Waals surface area contributed by atoms with E-state index in [4.69, 9.17) is 5.26 Å². The molecule has 5 heteroatoms. The van der Waals surface area contributed by atoms with Gasteiger partial charge in [-0.1, -0.05) is 44.2 Å². The molecule has 30 heavy (non-hydrogen) atoms. The lowest BCUT2D eigenvalue weighted by Gasteiger charge is -2.20. The third kappa shape index (κ3) is 5.36. The number of nitrogens with one attached hydrogen (secondary N) is 2. The van der Waals surface area contributed by atoms with Crippen molar-refractivity contribution in [2.75, 3.05) is 6.54 Å². The van der Waals surface area contributed by atoms with Crippen molar-refractivity contribution < 1.29 is 9.18 Å². The van der Waals surface area contributed by atoms with Crippen LogP contribution in [0.1, 0.15) is 42.9 Å². The first-order chi connectivity index (χ1) is 14.5. The van der Waals surface area contributed by atoms with Crippen LogP contribution in [-0.4, -0.2) is 17.4 Å². The molecular formula is C25H26FN3O. The van der Waals surface area contributed by atoms with Gasteiger partial charge in [-0.3, -0.25) is 4.79 Å². The van der Waals surface area contributed by atoms with Crippen LogP contribution in [0.3, 0.4) is 0 Å². The lowest BCUT2D eigenvalue weighted by atomic mass is 9.87. The van der Waals surface area contributed by atoms with E-state index in [1.54, 1.807) is 6.07 Å². The molecule has 154 valence electrons. The normalized spacial score (nSPS) is 11.8. The van der Waals surface area contributed by atoms with Gasteiger partial charge in [0, 0.05) is 12.4 Å². The molecule has 0 aliphatic rings. The van der Waals surface area contributed by atoms with E-state index in [9.17, 15) is 9.18 Å². The Morgan fingerprint density at radius 2 is 2.03 bits per heavy atom. The van der Waals surface area contributed by atoms with Gasteiger partial charge >= 0.3 is 0 Å². The SMILES string of the molecule is CC(C)CC(C(=O)NCC#N)c1cccc(-c2cc(F)ccc2Cc2cc[nH]c2)c1. The molecule has 1 atom stereocenters. The Labute approximate surface area is 176 Å². The van der Waals surface area contributed by atoms with Crippen molar-refractivity contribution in [3.8, 4) is 17.2 Å². The Bertz CT molecular complexity index is 1030. The monoisotopic (exact) mass is 403 g/mol. The number of amides is 1. The summed E-state index contributed by atoms with van der Waals surface area (Å²) in [7, 11) is 0. The molecule has 0 saturated heterocycles. The summed E-state index contributed by atoms with van der Waals surface area (Å²) in [5, 5.41) is 11.5. The van der Waals surface area contributed by atoms with Crippen LogP contribution in [0.15, 0.2) is 60.9 Å². The minimum atomic E-state index is -0.361. The second-order valence-electron chi connectivity index (χ2n) is 7.88. The van der Waals surface area contributed by atoms with Crippen molar-refractivity contribution in [2.24, 2.45) is 5.92 Å². The predicted molar refractivity (Wildman–Crippen MR) is 116 cm³/mol. The summed E-state index contributed by atoms with van der Waals surface area (Å²) in [6, 6.07) is 16.5. The van der Waals surface area contributed by atoms with E-state index < -0.39 is 0 Å². The van der Waals surface area contributed by atoms with E-state index in [0.717, 1.165) is 27.8 Å². The zero-order chi connectivity index (χ0) is 21.5. The number of hydrogen-bond donors (Lipinski definition) is 2. The highest BCUT2D eigenvalue weighted by Crippen LogP contribution is 2.31. The molecule has 0 radical (unpaired) electrons. The Morgan fingerprint density at radius 1 is 1.20 bits per heavy atom. The highest BCUT2D eigenvalue weighted by molar-refractivity contribution is 5.84. The molecule has 1 unspecified atom stereocenters. The number of nitrogens with zero attached hydrogens (tertiary/aromatic N) is 1. The average molecular weight is 404 g/mol. The second kappa shape index (κ2) is 9.89. The largest absolute Gasteiger partial charge is 0.367 e. The molecule has 0 spiro atoms. The zero-order valence-electron chi connectivity index (χ0n) is 17.3. The maximum Gasteiger partial charge on any atom is 0.228 e. The lowest BCUT2D eigenvalue weighted by molar-refractivity contribution is -0.122. The fraction of sp³-hybridized carbons (Fsp3) is 0.280. The molecule has 2 aromatic carbocycles. The maximum atomic E-state index is 14.1. The molecular weight excluding hydrogens is 377 g/mol. The first-order valence-electron chi connectivity index (χ1n) is 10.1. The molecule has 1 aromatic heterocycles. The smallest absolute Gasteiger partial charge is 0.228 e. The van der Waals surface area contributed by atoms with Crippen LogP contribution < -0.4 is 5.32 Å². The van der Waals surface area contributed by atoms with Gasteiger partial charge in [0.1, 0.15) is 12.4 Å². The summed E-state index contributed by atoms with van der Waals surface area (Å²) >= 11 is 0. The highest BCUT2D eigenvalue weighted by atomic mass is 19.1. The first kappa shape index (κ1) is 21.3. The van der Waals surface area contributed by atoms with Crippen molar-refractivity contribution in [3.05, 3.63) is 83.4 Å². The summed E-state index contributed by atoms with van der Waals surface area (Å²) < 4.78 is 14.1. The molecule has 0 fully saturated rings. The van der Waals surface area contributed by atoms with E-state index in [1.807, 2.05) is 54.9 Å². The van der Waals surface area contributed by atoms with Crippen LogP contribution in [0, 0.1) is 23.1 Å². The second-order valence-corrected chi connectivity index (χ2v) is 7.88. The molecule has 2 N–H and O–H groups in total. The number of rotatable bonds is 8. The summed E-state index contributed by atoms with van der Waals surface area (Å²) in [5.41, 5.74) is 4.70. The van der Waals surface area contributed by atoms with Crippen molar-refractivity contribution >= 4 is 5.91 Å². The van der Waals surface area contributed by atoms with Crippen molar-refractivity contribution in [1.82, 2.24) is 10.3 Å². The summed E-state index contributed by atoms with van der Waals surface area (Å²) in [6.45, 7) is 4.11. The van der Waals surface area contributed by atoms with Gasteiger partial charge in [0.2, 0.25) is 5.91 Å². The number of aromatic amines is 1. The van der Waals surface area contributed by atoms with Crippen LogP contribution in [0.2, 0.25) is 0 Å². The Balaban J connectivity index is 1.98. The zero-order valence-corrected chi connectivity index (χ0v) is 17.3. The van der Waals surface area contributed by atoms with Crippen LogP contribution >= 0.6 is 0 Å². The Hall–Kier alpha value is -3.39. The molecule has 1 heterocycles. The molecule has 3 aromatic rings. The molecule has 1 amide bonds. The van der Waals surface area contributed by atoms with Gasteiger partial charge in [0.05, 0.1) is 12.0 Å². The molecule has 4 nitrogen and oxygen atoms in total. The number of H-pyrrole nitrogens is 1. The number of carbonyl (C=O) groups is 1. The summed E-state index contributed by atoms with van der Waals surface area (Å²) in [4.78, 5) is 15.7. The van der Waals surface area contributed by atoms with Crippen LogP contribution in [-0.2, 0) is 11.2 Å². The van der Waals surface area contributed by atoms with Crippen molar-refractivity contribution in [1.29, 1.82) is 5.26 Å². The molecule has 0 aliphatic heterocycles. The van der Waals surface area contributed by atoms with Crippen molar-refractivity contribution in [2.45, 2.75) is 32.6 Å². The molecule has 3 rings (SSSR count). The Kier molecular flexibility index (Phi) is 7.03. The number of nitriles is 1. The van der Waals surface area contributed by atoms with E-state index in [1.165, 1.54) is 6.07 Å². The van der Waals surface area contributed by atoms with Gasteiger partial charge in [-0.2, -0.15) is 5.26 Å². The van der Waals surface area contributed by atoms with Crippen LogP contribution in [0.4, 0.5) is 4.39 Å². The van der Waals surface area contributed by atoms with Crippen molar-refractivity contribution in [3.63, 3.8) is 0 Å². The summed E-state index contributed by atoms with van der Waals surface area (Å²) in [5.74, 6) is -0.502. The van der Waals surface area contributed by atoms with E-state index >= 15 is 0 Å². The van der Waals surface area contributed by atoms with Crippen LogP contribution in [0.25, 0.3) is 11.1 Å². The average Bonchev–Trinajstić information content (AvgIpc) is 3.24. The quantitative estimate of drug-likeness (QED) is 0.509. The number of carbonyl (C=O) groups excluding carboxylic acids is 1. The lowest BCUT2D eigenvalue weighted by Crippen LogP contribution is -2.30. The van der Waals surface area contributed by atoms with E-state index in [0.29, 0.717) is 18.8 Å². The minimum absolute atomic E-state index is 0.0160. The first-order valence-corrected chi connectivity index (χ1v) is 10.1. The predicted octanol–water partition coefficient (Wildman–Crippen LogP) is 5.18. The van der Waals surface area contributed by atoms with Gasteiger partial charge in [-0.15, -0.1) is 0 Å². The fourth-order valence-electron chi connectivity index (χ4n) is 3.70. The fourth-order valence-corrected chi connectivity index (χ4v) is 3.70. The van der Waals surface area contributed by atoms with Gasteiger partial charge in [0.25, 0.3) is 0 Å².